The summed E-state index contributed by atoms with van der Waals surface area (Å²) < 4.78 is 1.88. The van der Waals surface area contributed by atoms with Crippen molar-refractivity contribution in [1.82, 2.24) is 9.78 Å². The van der Waals surface area contributed by atoms with Gasteiger partial charge in [-0.25, -0.2) is 0 Å². The maximum absolute atomic E-state index is 11.8. The molecule has 2 aliphatic rings. The number of aromatic nitrogens is 2. The zero-order chi connectivity index (χ0) is 11.3. The number of amides is 1. The first-order valence-corrected chi connectivity index (χ1v) is 5.77. The zero-order valence-electron chi connectivity index (χ0n) is 9.66. The van der Waals surface area contributed by atoms with Crippen molar-refractivity contribution in [2.45, 2.75) is 32.2 Å². The summed E-state index contributed by atoms with van der Waals surface area (Å²) in [5, 5.41) is 7.37. The number of fused-ring (bicyclic) bond motifs is 3. The van der Waals surface area contributed by atoms with Gasteiger partial charge in [0.15, 0.2) is 5.82 Å². The molecule has 0 bridgehead atoms. The predicted molar refractivity (Wildman–Crippen MR) is 61.6 cm³/mol. The predicted octanol–water partition coefficient (Wildman–Crippen LogP) is 1.04. The van der Waals surface area contributed by atoms with Crippen molar-refractivity contribution in [3.05, 3.63) is 5.69 Å². The highest BCUT2D eigenvalue weighted by molar-refractivity contribution is 5.97. The van der Waals surface area contributed by atoms with E-state index in [1.165, 1.54) is 6.42 Å². The number of aryl methyl sites for hydroxylation is 2. The van der Waals surface area contributed by atoms with Crippen molar-refractivity contribution in [1.29, 1.82) is 0 Å². The van der Waals surface area contributed by atoms with Crippen molar-refractivity contribution in [2.75, 3.05) is 16.8 Å². The van der Waals surface area contributed by atoms with Crippen LogP contribution in [0, 0.1) is 6.92 Å². The molecule has 0 spiro atoms. The Morgan fingerprint density at radius 1 is 1.50 bits per heavy atom. The summed E-state index contributed by atoms with van der Waals surface area (Å²) in [6.07, 6.45) is 2.88. The molecule has 0 saturated carbocycles. The summed E-state index contributed by atoms with van der Waals surface area (Å²) in [6, 6.07) is 0.357. The number of carbonyl (C=O) groups excluding carboxylic acids is 1. The summed E-state index contributed by atoms with van der Waals surface area (Å²) >= 11 is 0. The molecule has 16 heavy (non-hydrogen) atoms. The van der Waals surface area contributed by atoms with Crippen molar-refractivity contribution in [3.8, 4) is 0 Å². The molecule has 3 heterocycles. The van der Waals surface area contributed by atoms with Crippen LogP contribution < -0.4 is 10.2 Å². The van der Waals surface area contributed by atoms with Crippen LogP contribution in [0.2, 0.25) is 0 Å². The molecule has 1 atom stereocenters. The fraction of sp³-hybridized carbons (Fsp3) is 0.636. The van der Waals surface area contributed by atoms with Crippen LogP contribution in [-0.2, 0) is 11.8 Å². The Balaban J connectivity index is 2.15. The third kappa shape index (κ3) is 1.24. The second kappa shape index (κ2) is 3.23. The van der Waals surface area contributed by atoms with Gasteiger partial charge in [0.2, 0.25) is 5.91 Å². The minimum Gasteiger partial charge on any atom is -0.352 e. The van der Waals surface area contributed by atoms with E-state index in [2.05, 4.69) is 15.3 Å². The van der Waals surface area contributed by atoms with E-state index in [1.807, 2.05) is 18.7 Å². The molecule has 86 valence electrons. The normalized spacial score (nSPS) is 23.8. The number of hydrogen-bond donors (Lipinski definition) is 1. The molecule has 2 aliphatic heterocycles. The number of carbonyl (C=O) groups is 1. The highest BCUT2D eigenvalue weighted by atomic mass is 16.1. The first-order chi connectivity index (χ1) is 7.66. The van der Waals surface area contributed by atoms with Gasteiger partial charge in [-0.3, -0.25) is 9.48 Å². The minimum atomic E-state index is 0.117. The Bertz CT molecular complexity index is 451. The molecule has 1 aromatic rings. The van der Waals surface area contributed by atoms with Gasteiger partial charge in [-0.1, -0.05) is 0 Å². The lowest BCUT2D eigenvalue weighted by Gasteiger charge is -2.23. The Morgan fingerprint density at radius 2 is 2.31 bits per heavy atom. The van der Waals surface area contributed by atoms with Crippen molar-refractivity contribution in [3.63, 3.8) is 0 Å². The Kier molecular flexibility index (Phi) is 1.96. The van der Waals surface area contributed by atoms with Gasteiger partial charge < -0.3 is 10.2 Å². The lowest BCUT2D eigenvalue weighted by atomic mass is 10.1. The van der Waals surface area contributed by atoms with Crippen LogP contribution in [0.15, 0.2) is 0 Å². The smallest absolute Gasteiger partial charge is 0.226 e. The van der Waals surface area contributed by atoms with E-state index in [9.17, 15) is 4.79 Å². The summed E-state index contributed by atoms with van der Waals surface area (Å²) in [5.74, 6) is 1.19. The average molecular weight is 220 g/mol. The molecule has 0 aromatic carbocycles. The highest BCUT2D eigenvalue weighted by Crippen LogP contribution is 2.37. The topological polar surface area (TPSA) is 50.2 Å². The van der Waals surface area contributed by atoms with E-state index in [1.54, 1.807) is 0 Å². The van der Waals surface area contributed by atoms with E-state index in [4.69, 9.17) is 0 Å². The molecule has 1 amide bonds. The fourth-order valence-corrected chi connectivity index (χ4v) is 2.85. The van der Waals surface area contributed by atoms with Crippen LogP contribution >= 0.6 is 0 Å². The third-order valence-electron chi connectivity index (χ3n) is 3.53. The lowest BCUT2D eigenvalue weighted by Crippen LogP contribution is -2.31. The Hall–Kier alpha value is -1.52. The molecule has 0 radical (unpaired) electrons. The molecule has 1 aromatic heterocycles. The average Bonchev–Trinajstić information content (AvgIpc) is 2.70. The number of rotatable bonds is 0. The number of nitrogens with zero attached hydrogens (tertiary/aromatic N) is 3. The van der Waals surface area contributed by atoms with Gasteiger partial charge in [0.25, 0.3) is 0 Å². The van der Waals surface area contributed by atoms with Crippen LogP contribution in [0.5, 0.6) is 0 Å². The summed E-state index contributed by atoms with van der Waals surface area (Å²) in [6.45, 7) is 2.97. The highest BCUT2D eigenvalue weighted by Gasteiger charge is 2.34. The first kappa shape index (κ1) is 9.69. The molecule has 1 saturated heterocycles. The van der Waals surface area contributed by atoms with Gasteiger partial charge in [-0.2, -0.15) is 5.10 Å². The van der Waals surface area contributed by atoms with Crippen LogP contribution in [0.1, 0.15) is 25.0 Å². The first-order valence-electron chi connectivity index (χ1n) is 5.77. The minimum absolute atomic E-state index is 0.117. The van der Waals surface area contributed by atoms with Crippen molar-refractivity contribution >= 4 is 17.4 Å². The summed E-state index contributed by atoms with van der Waals surface area (Å²) in [7, 11) is 1.94. The van der Waals surface area contributed by atoms with Gasteiger partial charge >= 0.3 is 0 Å². The number of anilines is 2. The SMILES string of the molecule is Cc1nn(C)c2c1NC(=O)CC1CCCN21. The third-order valence-corrected chi connectivity index (χ3v) is 3.53. The van der Waals surface area contributed by atoms with Gasteiger partial charge in [-0.05, 0) is 19.8 Å². The van der Waals surface area contributed by atoms with E-state index < -0.39 is 0 Å². The molecule has 1 fully saturated rings. The summed E-state index contributed by atoms with van der Waals surface area (Å²) in [5.41, 5.74) is 1.80. The van der Waals surface area contributed by atoms with Crippen LogP contribution in [0.3, 0.4) is 0 Å². The van der Waals surface area contributed by atoms with Gasteiger partial charge in [0.05, 0.1) is 5.69 Å². The van der Waals surface area contributed by atoms with E-state index in [0.29, 0.717) is 12.5 Å². The number of hydrogen-bond acceptors (Lipinski definition) is 3. The quantitative estimate of drug-likeness (QED) is 0.710. The molecule has 1 N–H and O–H groups in total. The molecule has 5 nitrogen and oxygen atoms in total. The largest absolute Gasteiger partial charge is 0.352 e. The zero-order valence-corrected chi connectivity index (χ0v) is 9.66. The van der Waals surface area contributed by atoms with Crippen molar-refractivity contribution in [2.24, 2.45) is 7.05 Å². The monoisotopic (exact) mass is 220 g/mol. The van der Waals surface area contributed by atoms with Crippen LogP contribution in [-0.4, -0.2) is 28.3 Å². The maximum atomic E-state index is 11.8. The van der Waals surface area contributed by atoms with Gasteiger partial charge in [0, 0.05) is 26.1 Å². The van der Waals surface area contributed by atoms with Gasteiger partial charge in [-0.15, -0.1) is 0 Å². The molecule has 1 unspecified atom stereocenters. The van der Waals surface area contributed by atoms with Gasteiger partial charge in [0.1, 0.15) is 5.69 Å². The van der Waals surface area contributed by atoms with E-state index in [-0.39, 0.29) is 5.91 Å². The summed E-state index contributed by atoms with van der Waals surface area (Å²) in [4.78, 5) is 14.1. The molecular weight excluding hydrogens is 204 g/mol. The molecular formula is C11H16N4O. The Morgan fingerprint density at radius 3 is 3.12 bits per heavy atom. The number of nitrogens with one attached hydrogen (secondary N) is 1. The van der Waals surface area contributed by atoms with Crippen LogP contribution in [0.4, 0.5) is 11.5 Å². The molecule has 3 rings (SSSR count). The standard InChI is InChI=1S/C11H16N4O/c1-7-10-11(14(2)13-7)15-5-3-4-8(15)6-9(16)12-10/h8H,3-6H2,1-2H3,(H,12,16). The maximum Gasteiger partial charge on any atom is 0.226 e. The fourth-order valence-electron chi connectivity index (χ4n) is 2.85. The Labute approximate surface area is 94.4 Å². The van der Waals surface area contributed by atoms with Crippen molar-refractivity contribution < 1.29 is 4.79 Å². The lowest BCUT2D eigenvalue weighted by molar-refractivity contribution is -0.116. The molecule has 5 heteroatoms. The van der Waals surface area contributed by atoms with E-state index >= 15 is 0 Å². The second-order valence-corrected chi connectivity index (χ2v) is 4.65. The second-order valence-electron chi connectivity index (χ2n) is 4.65. The molecule has 0 aliphatic carbocycles. The van der Waals surface area contributed by atoms with E-state index in [0.717, 1.165) is 30.2 Å². The van der Waals surface area contributed by atoms with Crippen LogP contribution in [0.25, 0.3) is 0 Å².